The van der Waals surface area contributed by atoms with Crippen molar-refractivity contribution in [3.63, 3.8) is 0 Å². The van der Waals surface area contributed by atoms with Crippen LogP contribution < -0.4 is 0 Å². The molecule has 0 atom stereocenters. The molecular formula is C18H32O4. The molecule has 0 aromatic rings. The lowest BCUT2D eigenvalue weighted by molar-refractivity contribution is -0.137. The lowest BCUT2D eigenvalue weighted by atomic mass is 10.1. The van der Waals surface area contributed by atoms with E-state index in [1.807, 2.05) is 0 Å². The first-order chi connectivity index (χ1) is 10.6. The summed E-state index contributed by atoms with van der Waals surface area (Å²) in [6, 6.07) is 0. The van der Waals surface area contributed by atoms with E-state index in [1.54, 1.807) is 0 Å². The van der Waals surface area contributed by atoms with Crippen molar-refractivity contribution in [1.82, 2.24) is 0 Å². The largest absolute Gasteiger partial charge is 0.512 e. The molecule has 0 heterocycles. The van der Waals surface area contributed by atoms with Crippen LogP contribution in [0.15, 0.2) is 11.8 Å². The number of rotatable bonds is 15. The Morgan fingerprint density at radius 3 is 1.77 bits per heavy atom. The molecule has 4 nitrogen and oxygen atoms in total. The molecule has 128 valence electrons. The maximum absolute atomic E-state index is 11.5. The number of ketones is 1. The van der Waals surface area contributed by atoms with Crippen molar-refractivity contribution in [1.29, 1.82) is 0 Å². The number of unbranched alkanes of at least 4 members (excludes halogenated alkanes) is 8. The van der Waals surface area contributed by atoms with E-state index in [2.05, 4.69) is 6.92 Å². The maximum Gasteiger partial charge on any atom is 0.303 e. The van der Waals surface area contributed by atoms with Crippen LogP contribution in [0.3, 0.4) is 0 Å². The average Bonchev–Trinajstić information content (AvgIpc) is 2.45. The molecular weight excluding hydrogens is 280 g/mol. The Labute approximate surface area is 134 Å². The predicted molar refractivity (Wildman–Crippen MR) is 89.0 cm³/mol. The van der Waals surface area contributed by atoms with Crippen LogP contribution in [-0.4, -0.2) is 22.0 Å². The number of aliphatic hydroxyl groups is 1. The van der Waals surface area contributed by atoms with Gasteiger partial charge in [-0.25, -0.2) is 0 Å². The SMILES string of the molecule is CCCCCC(=O)/C=C(\O)CCCCCCCCCC(=O)O. The fourth-order valence-electron chi connectivity index (χ4n) is 2.35. The summed E-state index contributed by atoms with van der Waals surface area (Å²) < 4.78 is 0. The van der Waals surface area contributed by atoms with Gasteiger partial charge in [0.05, 0.1) is 5.76 Å². The Morgan fingerprint density at radius 2 is 1.23 bits per heavy atom. The number of hydrogen-bond donors (Lipinski definition) is 2. The highest BCUT2D eigenvalue weighted by Crippen LogP contribution is 2.12. The second kappa shape index (κ2) is 14.6. The molecule has 0 spiro atoms. The van der Waals surface area contributed by atoms with Crippen LogP contribution in [-0.2, 0) is 9.59 Å². The number of aliphatic hydroxyl groups excluding tert-OH is 1. The first-order valence-corrected chi connectivity index (χ1v) is 8.70. The Kier molecular flexibility index (Phi) is 13.7. The van der Waals surface area contributed by atoms with Crippen molar-refractivity contribution in [3.05, 3.63) is 11.8 Å². The summed E-state index contributed by atoms with van der Waals surface area (Å²) in [5.41, 5.74) is 0. The minimum absolute atomic E-state index is 0.0318. The van der Waals surface area contributed by atoms with Crippen LogP contribution in [0.4, 0.5) is 0 Å². The lowest BCUT2D eigenvalue weighted by Crippen LogP contribution is -1.95. The van der Waals surface area contributed by atoms with Crippen LogP contribution in [0.2, 0.25) is 0 Å². The van der Waals surface area contributed by atoms with E-state index in [4.69, 9.17) is 5.11 Å². The van der Waals surface area contributed by atoms with Crippen LogP contribution in [0.5, 0.6) is 0 Å². The second-order valence-corrected chi connectivity index (χ2v) is 5.93. The molecule has 22 heavy (non-hydrogen) atoms. The van der Waals surface area contributed by atoms with E-state index >= 15 is 0 Å². The fraction of sp³-hybridized carbons (Fsp3) is 0.778. The van der Waals surface area contributed by atoms with Gasteiger partial charge in [0.15, 0.2) is 5.78 Å². The minimum Gasteiger partial charge on any atom is -0.512 e. The Balaban J connectivity index is 3.46. The molecule has 0 bridgehead atoms. The number of carboxylic acids is 1. The lowest BCUT2D eigenvalue weighted by Gasteiger charge is -2.02. The molecule has 0 fully saturated rings. The summed E-state index contributed by atoms with van der Waals surface area (Å²) >= 11 is 0. The van der Waals surface area contributed by atoms with Gasteiger partial charge in [0, 0.05) is 25.3 Å². The van der Waals surface area contributed by atoms with Gasteiger partial charge in [-0.1, -0.05) is 51.9 Å². The van der Waals surface area contributed by atoms with Crippen molar-refractivity contribution in [2.75, 3.05) is 0 Å². The highest BCUT2D eigenvalue weighted by atomic mass is 16.4. The molecule has 0 radical (unpaired) electrons. The Hall–Kier alpha value is -1.32. The zero-order chi connectivity index (χ0) is 16.6. The normalized spacial score (nSPS) is 11.6. The van der Waals surface area contributed by atoms with Crippen molar-refractivity contribution in [2.45, 2.75) is 90.4 Å². The molecule has 0 saturated heterocycles. The molecule has 0 aliphatic rings. The Bertz CT molecular complexity index is 334. The van der Waals surface area contributed by atoms with Gasteiger partial charge in [0.1, 0.15) is 0 Å². The van der Waals surface area contributed by atoms with Crippen LogP contribution in [0, 0.1) is 0 Å². The zero-order valence-electron chi connectivity index (χ0n) is 14.0. The number of allylic oxidation sites excluding steroid dienone is 2. The predicted octanol–water partition coefficient (Wildman–Crippen LogP) is 5.17. The number of aliphatic carboxylic acids is 1. The van der Waals surface area contributed by atoms with Gasteiger partial charge in [0.2, 0.25) is 0 Å². The van der Waals surface area contributed by atoms with Gasteiger partial charge in [-0.2, -0.15) is 0 Å². The zero-order valence-corrected chi connectivity index (χ0v) is 14.0. The molecule has 0 unspecified atom stereocenters. The number of carbonyl (C=O) groups is 2. The molecule has 0 aromatic carbocycles. The summed E-state index contributed by atoms with van der Waals surface area (Å²) in [6.45, 7) is 2.10. The van der Waals surface area contributed by atoms with Gasteiger partial charge < -0.3 is 10.2 Å². The standard InChI is InChI=1S/C18H32O4/c1-2-3-9-12-16(19)15-17(20)13-10-7-5-4-6-8-11-14-18(21)22/h15,20H,2-14H2,1H3,(H,21,22)/b17-15-. The first kappa shape index (κ1) is 20.7. The molecule has 0 rings (SSSR count). The van der Waals surface area contributed by atoms with Crippen LogP contribution in [0.1, 0.15) is 90.4 Å². The van der Waals surface area contributed by atoms with Crippen LogP contribution >= 0.6 is 0 Å². The van der Waals surface area contributed by atoms with Gasteiger partial charge in [-0.15, -0.1) is 0 Å². The topological polar surface area (TPSA) is 74.6 Å². The van der Waals surface area contributed by atoms with E-state index in [9.17, 15) is 14.7 Å². The van der Waals surface area contributed by atoms with E-state index in [-0.39, 0.29) is 18.0 Å². The van der Waals surface area contributed by atoms with E-state index in [1.165, 1.54) is 6.08 Å². The second-order valence-electron chi connectivity index (χ2n) is 5.93. The van der Waals surface area contributed by atoms with Gasteiger partial charge in [0.25, 0.3) is 0 Å². The molecule has 0 aromatic heterocycles. The van der Waals surface area contributed by atoms with E-state index < -0.39 is 5.97 Å². The van der Waals surface area contributed by atoms with E-state index in [0.29, 0.717) is 12.8 Å². The minimum atomic E-state index is -0.716. The van der Waals surface area contributed by atoms with Crippen LogP contribution in [0.25, 0.3) is 0 Å². The smallest absolute Gasteiger partial charge is 0.303 e. The third-order valence-electron chi connectivity index (χ3n) is 3.68. The van der Waals surface area contributed by atoms with Crippen molar-refractivity contribution in [2.24, 2.45) is 0 Å². The molecule has 0 amide bonds. The number of hydrogen-bond acceptors (Lipinski definition) is 3. The number of carboxylic acid groups (broad SMARTS) is 1. The first-order valence-electron chi connectivity index (χ1n) is 8.70. The summed E-state index contributed by atoms with van der Waals surface area (Å²) in [4.78, 5) is 21.9. The molecule has 2 N–H and O–H groups in total. The molecule has 0 aliphatic carbocycles. The third-order valence-corrected chi connectivity index (χ3v) is 3.68. The average molecular weight is 312 g/mol. The molecule has 4 heteroatoms. The van der Waals surface area contributed by atoms with E-state index in [0.717, 1.165) is 64.2 Å². The van der Waals surface area contributed by atoms with Gasteiger partial charge in [-0.3, -0.25) is 9.59 Å². The Morgan fingerprint density at radius 1 is 0.727 bits per heavy atom. The van der Waals surface area contributed by atoms with Crippen molar-refractivity contribution < 1.29 is 19.8 Å². The van der Waals surface area contributed by atoms with Gasteiger partial charge in [-0.05, 0) is 19.3 Å². The highest BCUT2D eigenvalue weighted by Gasteiger charge is 2.01. The quantitative estimate of drug-likeness (QED) is 0.248. The fourth-order valence-corrected chi connectivity index (χ4v) is 2.35. The summed E-state index contributed by atoms with van der Waals surface area (Å²) in [6.07, 6.45) is 12.8. The van der Waals surface area contributed by atoms with Crippen molar-refractivity contribution in [3.8, 4) is 0 Å². The van der Waals surface area contributed by atoms with Gasteiger partial charge >= 0.3 is 5.97 Å². The monoisotopic (exact) mass is 312 g/mol. The summed E-state index contributed by atoms with van der Waals surface area (Å²) in [5.74, 6) is -0.473. The summed E-state index contributed by atoms with van der Waals surface area (Å²) in [7, 11) is 0. The molecule has 0 saturated carbocycles. The highest BCUT2D eigenvalue weighted by molar-refractivity contribution is 5.89. The maximum atomic E-state index is 11.5. The van der Waals surface area contributed by atoms with Crippen molar-refractivity contribution >= 4 is 11.8 Å². The third kappa shape index (κ3) is 15.1. The summed E-state index contributed by atoms with van der Waals surface area (Å²) in [5, 5.41) is 18.2. The molecule has 0 aliphatic heterocycles. The number of carbonyl (C=O) groups excluding carboxylic acids is 1.